The molecule has 5 nitrogen and oxygen atoms in total. The van der Waals surface area contributed by atoms with E-state index in [1.165, 1.54) is 19.3 Å². The first-order valence-electron chi connectivity index (χ1n) is 9.13. The summed E-state index contributed by atoms with van der Waals surface area (Å²) in [5, 5.41) is 10.2. The van der Waals surface area contributed by atoms with Gasteiger partial charge < -0.3 is 20.7 Å². The number of alkyl carbamates (subject to hydrolysis) is 1. The van der Waals surface area contributed by atoms with E-state index in [4.69, 9.17) is 4.74 Å². The molecular formula is C18H37N3O2. The number of hydrogen-bond acceptors (Lipinski definition) is 4. The van der Waals surface area contributed by atoms with Crippen LogP contribution in [-0.2, 0) is 4.74 Å². The summed E-state index contributed by atoms with van der Waals surface area (Å²) >= 11 is 0. The molecule has 3 unspecified atom stereocenters. The van der Waals surface area contributed by atoms with Crippen LogP contribution in [0.5, 0.6) is 0 Å². The van der Waals surface area contributed by atoms with E-state index in [0.29, 0.717) is 18.0 Å². The highest BCUT2D eigenvalue weighted by Gasteiger charge is 2.22. The quantitative estimate of drug-likeness (QED) is 0.672. The molecule has 1 rings (SSSR count). The number of piperidine rings is 1. The Morgan fingerprint density at radius 3 is 2.48 bits per heavy atom. The highest BCUT2D eigenvalue weighted by atomic mass is 16.6. The van der Waals surface area contributed by atoms with Crippen LogP contribution in [0.3, 0.4) is 0 Å². The van der Waals surface area contributed by atoms with Crippen LogP contribution in [0, 0.1) is 5.92 Å². The topological polar surface area (TPSA) is 62.4 Å². The summed E-state index contributed by atoms with van der Waals surface area (Å²) in [6.07, 6.45) is 4.71. The first-order valence-corrected chi connectivity index (χ1v) is 9.13. The van der Waals surface area contributed by atoms with Crippen molar-refractivity contribution in [3.63, 3.8) is 0 Å². The number of hydrogen-bond donors (Lipinski definition) is 3. The van der Waals surface area contributed by atoms with Gasteiger partial charge in [0.25, 0.3) is 0 Å². The second kappa shape index (κ2) is 9.48. The van der Waals surface area contributed by atoms with Gasteiger partial charge in [-0.15, -0.1) is 0 Å². The van der Waals surface area contributed by atoms with E-state index in [1.807, 2.05) is 20.8 Å². The smallest absolute Gasteiger partial charge is 0.407 e. The zero-order valence-corrected chi connectivity index (χ0v) is 15.9. The third-order valence-electron chi connectivity index (χ3n) is 4.24. The van der Waals surface area contributed by atoms with Gasteiger partial charge in [0, 0.05) is 24.7 Å². The molecule has 0 saturated carbocycles. The van der Waals surface area contributed by atoms with Crippen molar-refractivity contribution in [3.8, 4) is 0 Å². The molecule has 0 aromatic carbocycles. The van der Waals surface area contributed by atoms with Crippen LogP contribution in [0.4, 0.5) is 4.79 Å². The van der Waals surface area contributed by atoms with E-state index in [0.717, 1.165) is 19.5 Å². The lowest BCUT2D eigenvalue weighted by atomic mass is 9.98. The highest BCUT2D eigenvalue weighted by molar-refractivity contribution is 5.68. The van der Waals surface area contributed by atoms with Crippen molar-refractivity contribution in [1.82, 2.24) is 16.0 Å². The van der Waals surface area contributed by atoms with Crippen LogP contribution in [0.25, 0.3) is 0 Å². The number of nitrogens with one attached hydrogen (secondary N) is 3. The SMILES string of the molecule is CC(CC1CCCCN1)NCC(NC(=O)OC(C)(C)C)C(C)C. The molecule has 1 fully saturated rings. The molecule has 3 N–H and O–H groups in total. The van der Waals surface area contributed by atoms with Crippen molar-refractivity contribution in [2.24, 2.45) is 5.92 Å². The summed E-state index contributed by atoms with van der Waals surface area (Å²) in [5.74, 6) is 0.357. The maximum atomic E-state index is 12.0. The average molecular weight is 328 g/mol. The van der Waals surface area contributed by atoms with Crippen molar-refractivity contribution in [2.75, 3.05) is 13.1 Å². The van der Waals surface area contributed by atoms with Gasteiger partial charge in [0.05, 0.1) is 0 Å². The number of rotatable bonds is 7. The third-order valence-corrected chi connectivity index (χ3v) is 4.24. The lowest BCUT2D eigenvalue weighted by molar-refractivity contribution is 0.0489. The maximum absolute atomic E-state index is 12.0. The molecule has 0 aliphatic carbocycles. The van der Waals surface area contributed by atoms with Gasteiger partial charge in [-0.1, -0.05) is 20.3 Å². The Morgan fingerprint density at radius 1 is 1.26 bits per heavy atom. The van der Waals surface area contributed by atoms with Crippen LogP contribution in [-0.4, -0.2) is 42.9 Å². The van der Waals surface area contributed by atoms with Crippen molar-refractivity contribution in [1.29, 1.82) is 0 Å². The maximum Gasteiger partial charge on any atom is 0.407 e. The molecule has 0 aromatic heterocycles. The Bertz CT molecular complexity index is 347. The van der Waals surface area contributed by atoms with E-state index in [-0.39, 0.29) is 12.1 Å². The number of amides is 1. The molecule has 0 spiro atoms. The lowest BCUT2D eigenvalue weighted by Gasteiger charge is -2.29. The summed E-state index contributed by atoms with van der Waals surface area (Å²) in [4.78, 5) is 12.0. The van der Waals surface area contributed by atoms with Gasteiger partial charge in [-0.3, -0.25) is 0 Å². The van der Waals surface area contributed by atoms with Gasteiger partial charge in [0.1, 0.15) is 5.60 Å². The average Bonchev–Trinajstić information content (AvgIpc) is 2.42. The standard InChI is InChI=1S/C18H37N3O2/c1-13(2)16(21-17(22)23-18(4,5)6)12-20-14(3)11-15-9-7-8-10-19-15/h13-16,19-20H,7-12H2,1-6H3,(H,21,22). The van der Waals surface area contributed by atoms with Crippen molar-refractivity contribution < 1.29 is 9.53 Å². The van der Waals surface area contributed by atoms with Crippen LogP contribution in [0.15, 0.2) is 0 Å². The van der Waals surface area contributed by atoms with Crippen LogP contribution in [0.1, 0.15) is 67.2 Å². The van der Waals surface area contributed by atoms with Crippen molar-refractivity contribution >= 4 is 6.09 Å². The van der Waals surface area contributed by atoms with Gasteiger partial charge in [0.2, 0.25) is 0 Å². The van der Waals surface area contributed by atoms with Gasteiger partial charge in [-0.05, 0) is 59.4 Å². The Kier molecular flexibility index (Phi) is 8.34. The Balaban J connectivity index is 2.35. The van der Waals surface area contributed by atoms with Crippen molar-refractivity contribution in [2.45, 2.75) is 91.0 Å². The minimum absolute atomic E-state index is 0.0756. The molecule has 23 heavy (non-hydrogen) atoms. The second-order valence-electron chi connectivity index (χ2n) is 8.19. The van der Waals surface area contributed by atoms with Crippen molar-refractivity contribution in [3.05, 3.63) is 0 Å². The molecule has 0 radical (unpaired) electrons. The molecule has 0 aromatic rings. The largest absolute Gasteiger partial charge is 0.444 e. The summed E-state index contributed by atoms with van der Waals surface area (Å²) in [6, 6.07) is 1.14. The highest BCUT2D eigenvalue weighted by Crippen LogP contribution is 2.12. The first kappa shape index (κ1) is 20.2. The van der Waals surface area contributed by atoms with Gasteiger partial charge in [-0.25, -0.2) is 4.79 Å². The second-order valence-corrected chi connectivity index (χ2v) is 8.19. The summed E-state index contributed by atoms with van der Waals surface area (Å²) in [6.45, 7) is 14.0. The molecule has 5 heteroatoms. The fourth-order valence-electron chi connectivity index (χ4n) is 2.88. The number of carbonyl (C=O) groups is 1. The first-order chi connectivity index (χ1) is 10.7. The Morgan fingerprint density at radius 2 is 1.96 bits per heavy atom. The number of ether oxygens (including phenoxy) is 1. The Hall–Kier alpha value is -0.810. The molecule has 136 valence electrons. The predicted molar refractivity (Wildman–Crippen MR) is 95.7 cm³/mol. The van der Waals surface area contributed by atoms with E-state index in [9.17, 15) is 4.79 Å². The zero-order valence-electron chi connectivity index (χ0n) is 15.9. The normalized spacial score (nSPS) is 21.8. The third kappa shape index (κ3) is 9.16. The number of carbonyl (C=O) groups excluding carboxylic acids is 1. The zero-order chi connectivity index (χ0) is 17.5. The molecular weight excluding hydrogens is 290 g/mol. The molecule has 1 saturated heterocycles. The fourth-order valence-corrected chi connectivity index (χ4v) is 2.88. The van der Waals surface area contributed by atoms with Crippen LogP contribution >= 0.6 is 0 Å². The van der Waals surface area contributed by atoms with Gasteiger partial charge >= 0.3 is 6.09 Å². The van der Waals surface area contributed by atoms with E-state index in [2.05, 4.69) is 36.7 Å². The summed E-state index contributed by atoms with van der Waals surface area (Å²) < 4.78 is 5.36. The molecule has 1 aliphatic rings. The molecule has 1 heterocycles. The minimum atomic E-state index is -0.459. The fraction of sp³-hybridized carbons (Fsp3) is 0.944. The van der Waals surface area contributed by atoms with Crippen LogP contribution in [0.2, 0.25) is 0 Å². The van der Waals surface area contributed by atoms with Gasteiger partial charge in [0.15, 0.2) is 0 Å². The van der Waals surface area contributed by atoms with Crippen LogP contribution < -0.4 is 16.0 Å². The summed E-state index contributed by atoms with van der Waals surface area (Å²) in [5.41, 5.74) is -0.459. The van der Waals surface area contributed by atoms with E-state index in [1.54, 1.807) is 0 Å². The molecule has 1 amide bonds. The molecule has 0 bridgehead atoms. The van der Waals surface area contributed by atoms with E-state index >= 15 is 0 Å². The molecule has 1 aliphatic heterocycles. The molecule has 3 atom stereocenters. The monoisotopic (exact) mass is 327 g/mol. The van der Waals surface area contributed by atoms with E-state index < -0.39 is 5.60 Å². The lowest BCUT2D eigenvalue weighted by Crippen LogP contribution is -2.49. The Labute approximate surface area is 142 Å². The van der Waals surface area contributed by atoms with Gasteiger partial charge in [-0.2, -0.15) is 0 Å². The minimum Gasteiger partial charge on any atom is -0.444 e. The summed E-state index contributed by atoms with van der Waals surface area (Å²) in [7, 11) is 0. The predicted octanol–water partition coefficient (Wildman–Crippen LogP) is 3.05.